The molecule has 0 unspecified atom stereocenters. The van der Waals surface area contributed by atoms with Gasteiger partial charge in [-0.2, -0.15) is 0 Å². The van der Waals surface area contributed by atoms with Gasteiger partial charge >= 0.3 is 0 Å². The number of rotatable bonds is 9. The van der Waals surface area contributed by atoms with E-state index in [1.807, 2.05) is 51.1 Å². The maximum absolute atomic E-state index is 13.9. The van der Waals surface area contributed by atoms with Crippen molar-refractivity contribution in [1.82, 2.24) is 10.2 Å². The molecular weight excluding hydrogens is 566 g/mol. The van der Waals surface area contributed by atoms with Gasteiger partial charge in [-0.25, -0.2) is 8.42 Å². The number of sulfonamides is 1. The van der Waals surface area contributed by atoms with Gasteiger partial charge in [-0.1, -0.05) is 64.5 Å². The van der Waals surface area contributed by atoms with Gasteiger partial charge in [-0.05, 0) is 76.1 Å². The van der Waals surface area contributed by atoms with Crippen molar-refractivity contribution in [2.45, 2.75) is 57.6 Å². The molecule has 3 aromatic carbocycles. The zero-order valence-electron chi connectivity index (χ0n) is 22.3. The number of anilines is 1. The summed E-state index contributed by atoms with van der Waals surface area (Å²) in [6.45, 7) is 8.72. The van der Waals surface area contributed by atoms with Crippen LogP contribution in [0.2, 0.25) is 0 Å². The molecule has 0 radical (unpaired) electrons. The first kappa shape index (κ1) is 29.4. The fourth-order valence-electron chi connectivity index (χ4n) is 3.92. The SMILES string of the molecule is Cc1ccccc1N(CC(=O)N(Cc1ccc(Br)cc1)[C@H](C)C(=O)NC(C)(C)C)S(=O)(=O)c1ccccc1. The Morgan fingerprint density at radius 1 is 0.921 bits per heavy atom. The molecule has 0 saturated heterocycles. The quantitative estimate of drug-likeness (QED) is 0.362. The molecule has 3 aromatic rings. The first-order valence-electron chi connectivity index (χ1n) is 12.3. The van der Waals surface area contributed by atoms with Gasteiger partial charge in [0.1, 0.15) is 12.6 Å². The Morgan fingerprint density at radius 2 is 1.50 bits per heavy atom. The molecule has 0 heterocycles. The highest BCUT2D eigenvalue weighted by atomic mass is 79.9. The average Bonchev–Trinajstić information content (AvgIpc) is 2.86. The zero-order chi connectivity index (χ0) is 28.1. The molecule has 0 fully saturated rings. The topological polar surface area (TPSA) is 86.8 Å². The van der Waals surface area contributed by atoms with E-state index in [4.69, 9.17) is 0 Å². The maximum atomic E-state index is 13.9. The molecule has 2 amide bonds. The number of carbonyl (C=O) groups excluding carboxylic acids is 2. The van der Waals surface area contributed by atoms with Crippen LogP contribution < -0.4 is 9.62 Å². The third-order valence-corrected chi connectivity index (χ3v) is 8.23. The van der Waals surface area contributed by atoms with Crippen LogP contribution in [0, 0.1) is 6.92 Å². The molecule has 1 atom stereocenters. The first-order valence-corrected chi connectivity index (χ1v) is 14.5. The van der Waals surface area contributed by atoms with Gasteiger partial charge in [0.05, 0.1) is 10.6 Å². The van der Waals surface area contributed by atoms with Crippen LogP contribution in [0.5, 0.6) is 0 Å². The van der Waals surface area contributed by atoms with Crippen LogP contribution in [0.3, 0.4) is 0 Å². The van der Waals surface area contributed by atoms with Crippen LogP contribution in [0.25, 0.3) is 0 Å². The lowest BCUT2D eigenvalue weighted by atomic mass is 10.1. The number of amides is 2. The maximum Gasteiger partial charge on any atom is 0.264 e. The minimum absolute atomic E-state index is 0.0778. The highest BCUT2D eigenvalue weighted by Gasteiger charge is 2.33. The van der Waals surface area contributed by atoms with Gasteiger partial charge < -0.3 is 10.2 Å². The van der Waals surface area contributed by atoms with E-state index in [0.717, 1.165) is 14.3 Å². The number of nitrogens with zero attached hydrogens (tertiary/aromatic N) is 2. The summed E-state index contributed by atoms with van der Waals surface area (Å²) in [6, 6.07) is 21.6. The third-order valence-electron chi connectivity index (χ3n) is 5.93. The number of hydrogen-bond donors (Lipinski definition) is 1. The normalized spacial score (nSPS) is 12.5. The van der Waals surface area contributed by atoms with Crippen LogP contribution in [0.4, 0.5) is 5.69 Å². The summed E-state index contributed by atoms with van der Waals surface area (Å²) in [5.41, 5.74) is 1.42. The molecule has 0 bridgehead atoms. The van der Waals surface area contributed by atoms with Crippen molar-refractivity contribution in [1.29, 1.82) is 0 Å². The molecule has 0 aliphatic carbocycles. The molecule has 0 saturated carbocycles. The third kappa shape index (κ3) is 7.45. The second-order valence-corrected chi connectivity index (χ2v) is 13.0. The highest BCUT2D eigenvalue weighted by molar-refractivity contribution is 9.10. The van der Waals surface area contributed by atoms with Crippen molar-refractivity contribution in [3.05, 3.63) is 94.5 Å². The number of para-hydroxylation sites is 1. The van der Waals surface area contributed by atoms with Crippen molar-refractivity contribution in [2.75, 3.05) is 10.8 Å². The predicted molar refractivity (Wildman–Crippen MR) is 154 cm³/mol. The van der Waals surface area contributed by atoms with Gasteiger partial charge in [0.25, 0.3) is 10.0 Å². The van der Waals surface area contributed by atoms with Crippen molar-refractivity contribution in [3.63, 3.8) is 0 Å². The van der Waals surface area contributed by atoms with Crippen molar-refractivity contribution >= 4 is 43.5 Å². The fraction of sp³-hybridized carbons (Fsp3) is 0.310. The number of benzene rings is 3. The lowest BCUT2D eigenvalue weighted by molar-refractivity contribution is -0.140. The van der Waals surface area contributed by atoms with E-state index in [1.165, 1.54) is 17.0 Å². The lowest BCUT2D eigenvalue weighted by Crippen LogP contribution is -2.54. The average molecular weight is 601 g/mol. The molecule has 38 heavy (non-hydrogen) atoms. The van der Waals surface area contributed by atoms with Crippen LogP contribution in [-0.2, 0) is 26.2 Å². The molecule has 0 aliphatic rings. The summed E-state index contributed by atoms with van der Waals surface area (Å²) in [6.07, 6.45) is 0. The Hall–Kier alpha value is -3.17. The second kappa shape index (κ2) is 12.1. The molecule has 9 heteroatoms. The Bertz CT molecular complexity index is 1370. The number of aryl methyl sites for hydroxylation is 1. The zero-order valence-corrected chi connectivity index (χ0v) is 24.7. The van der Waals surface area contributed by atoms with Crippen LogP contribution in [0.15, 0.2) is 88.2 Å². The van der Waals surface area contributed by atoms with Crippen LogP contribution in [-0.4, -0.2) is 43.3 Å². The van der Waals surface area contributed by atoms with Gasteiger partial charge in [-0.3, -0.25) is 13.9 Å². The van der Waals surface area contributed by atoms with E-state index < -0.39 is 34.1 Å². The molecule has 0 spiro atoms. The summed E-state index contributed by atoms with van der Waals surface area (Å²) in [5.74, 6) is -0.816. The van der Waals surface area contributed by atoms with Gasteiger partial charge in [-0.15, -0.1) is 0 Å². The summed E-state index contributed by atoms with van der Waals surface area (Å²) < 4.78 is 29.6. The summed E-state index contributed by atoms with van der Waals surface area (Å²) >= 11 is 3.42. The Balaban J connectivity index is 2.03. The van der Waals surface area contributed by atoms with E-state index >= 15 is 0 Å². The van der Waals surface area contributed by atoms with Gasteiger partial charge in [0.2, 0.25) is 11.8 Å². The monoisotopic (exact) mass is 599 g/mol. The minimum Gasteiger partial charge on any atom is -0.350 e. The summed E-state index contributed by atoms with van der Waals surface area (Å²) in [4.78, 5) is 28.6. The standard InChI is InChI=1S/C29H34BrN3O4S/c1-21-11-9-10-14-26(21)33(38(36,37)25-12-7-6-8-13-25)20-27(34)32(19-23-15-17-24(30)18-16-23)22(2)28(35)31-29(3,4)5/h6-18,22H,19-20H2,1-5H3,(H,31,35)/t22-/m1/s1. The Morgan fingerprint density at radius 3 is 2.08 bits per heavy atom. The van der Waals surface area contributed by atoms with E-state index in [9.17, 15) is 18.0 Å². The Labute approximate surface area is 234 Å². The molecule has 3 rings (SSSR count). The van der Waals surface area contributed by atoms with Crippen molar-refractivity contribution in [2.24, 2.45) is 0 Å². The van der Waals surface area contributed by atoms with E-state index in [-0.39, 0.29) is 17.3 Å². The van der Waals surface area contributed by atoms with Crippen molar-refractivity contribution in [3.8, 4) is 0 Å². The fourth-order valence-corrected chi connectivity index (χ4v) is 5.68. The molecule has 0 aromatic heterocycles. The summed E-state index contributed by atoms with van der Waals surface area (Å²) in [7, 11) is -4.08. The summed E-state index contributed by atoms with van der Waals surface area (Å²) in [5, 5.41) is 2.93. The van der Waals surface area contributed by atoms with Crippen LogP contribution in [0.1, 0.15) is 38.8 Å². The van der Waals surface area contributed by atoms with Gasteiger partial charge in [0.15, 0.2) is 0 Å². The number of halogens is 1. The number of nitrogens with one attached hydrogen (secondary N) is 1. The largest absolute Gasteiger partial charge is 0.350 e. The molecular formula is C29H34BrN3O4S. The second-order valence-electron chi connectivity index (χ2n) is 10.2. The minimum atomic E-state index is -4.08. The van der Waals surface area contributed by atoms with E-state index in [0.29, 0.717) is 11.3 Å². The first-order chi connectivity index (χ1) is 17.8. The van der Waals surface area contributed by atoms with E-state index in [1.54, 1.807) is 50.2 Å². The predicted octanol–water partition coefficient (Wildman–Crippen LogP) is 5.28. The molecule has 0 aliphatic heterocycles. The highest BCUT2D eigenvalue weighted by Crippen LogP contribution is 2.27. The van der Waals surface area contributed by atoms with Crippen molar-refractivity contribution < 1.29 is 18.0 Å². The molecule has 1 N–H and O–H groups in total. The van der Waals surface area contributed by atoms with E-state index in [2.05, 4.69) is 21.2 Å². The smallest absolute Gasteiger partial charge is 0.264 e. The number of hydrogen-bond acceptors (Lipinski definition) is 4. The molecule has 202 valence electrons. The lowest BCUT2D eigenvalue weighted by Gasteiger charge is -2.33. The number of carbonyl (C=O) groups is 2. The van der Waals surface area contributed by atoms with Gasteiger partial charge in [0, 0.05) is 16.6 Å². The molecule has 7 nitrogen and oxygen atoms in total. The van der Waals surface area contributed by atoms with Crippen LogP contribution >= 0.6 is 15.9 Å². The Kier molecular flexibility index (Phi) is 9.38.